The van der Waals surface area contributed by atoms with E-state index in [0.717, 1.165) is 6.42 Å². The van der Waals surface area contributed by atoms with Crippen LogP contribution in [0.3, 0.4) is 0 Å². The number of amides is 1. The molecular formula is C12H15NO4S. The van der Waals surface area contributed by atoms with Gasteiger partial charge in [-0.3, -0.25) is 9.59 Å². The third kappa shape index (κ3) is 2.64. The molecule has 5 nitrogen and oxygen atoms in total. The number of hydrogen-bond acceptors (Lipinski definition) is 4. The van der Waals surface area contributed by atoms with Crippen molar-refractivity contribution in [3.63, 3.8) is 0 Å². The van der Waals surface area contributed by atoms with E-state index < -0.39 is 5.97 Å². The summed E-state index contributed by atoms with van der Waals surface area (Å²) in [4.78, 5) is 23.4. The van der Waals surface area contributed by atoms with Crippen molar-refractivity contribution in [1.29, 1.82) is 0 Å². The average molecular weight is 269 g/mol. The van der Waals surface area contributed by atoms with Gasteiger partial charge in [-0.15, -0.1) is 11.3 Å². The van der Waals surface area contributed by atoms with E-state index in [1.54, 1.807) is 11.4 Å². The first-order valence-electron chi connectivity index (χ1n) is 5.77. The van der Waals surface area contributed by atoms with E-state index in [1.807, 2.05) is 0 Å². The molecule has 6 heteroatoms. The lowest BCUT2D eigenvalue weighted by atomic mass is 10.1. The van der Waals surface area contributed by atoms with Gasteiger partial charge in [0.1, 0.15) is 10.6 Å². The van der Waals surface area contributed by atoms with Crippen LogP contribution in [-0.2, 0) is 4.79 Å². The molecule has 1 aliphatic rings. The van der Waals surface area contributed by atoms with Crippen LogP contribution >= 0.6 is 11.3 Å². The molecule has 0 radical (unpaired) electrons. The molecule has 1 aromatic rings. The van der Waals surface area contributed by atoms with Crippen molar-refractivity contribution in [2.75, 3.05) is 7.11 Å². The summed E-state index contributed by atoms with van der Waals surface area (Å²) in [5.74, 6) is -0.732. The summed E-state index contributed by atoms with van der Waals surface area (Å²) in [6, 6.07) is 1.69. The average Bonchev–Trinajstić information content (AvgIpc) is 2.96. The number of methoxy groups -OCH3 is 1. The molecule has 0 saturated heterocycles. The molecular weight excluding hydrogens is 254 g/mol. The minimum Gasteiger partial charge on any atom is -0.495 e. The molecule has 1 heterocycles. The number of carboxylic acid groups (broad SMARTS) is 1. The van der Waals surface area contributed by atoms with Gasteiger partial charge in [0.25, 0.3) is 5.91 Å². The highest BCUT2D eigenvalue weighted by molar-refractivity contribution is 7.12. The largest absolute Gasteiger partial charge is 0.495 e. The minimum absolute atomic E-state index is 0.0505. The van der Waals surface area contributed by atoms with Crippen molar-refractivity contribution in [3.8, 4) is 5.75 Å². The molecule has 1 aliphatic carbocycles. The van der Waals surface area contributed by atoms with Crippen LogP contribution in [0.5, 0.6) is 5.75 Å². The van der Waals surface area contributed by atoms with Gasteiger partial charge in [-0.25, -0.2) is 0 Å². The van der Waals surface area contributed by atoms with Crippen molar-refractivity contribution < 1.29 is 19.4 Å². The van der Waals surface area contributed by atoms with E-state index >= 15 is 0 Å². The molecule has 2 atom stereocenters. The summed E-state index contributed by atoms with van der Waals surface area (Å²) in [5, 5.41) is 13.6. The SMILES string of the molecule is COc1ccsc1C(=O)N[C@@H]1CC[C@H](C(=O)O)C1. The topological polar surface area (TPSA) is 75.6 Å². The highest BCUT2D eigenvalue weighted by Gasteiger charge is 2.31. The van der Waals surface area contributed by atoms with Crippen molar-refractivity contribution in [3.05, 3.63) is 16.3 Å². The molecule has 2 N–H and O–H groups in total. The number of nitrogens with one attached hydrogen (secondary N) is 1. The predicted octanol–water partition coefficient (Wildman–Crippen LogP) is 1.74. The van der Waals surface area contributed by atoms with Crippen LogP contribution in [0.2, 0.25) is 0 Å². The standard InChI is InChI=1S/C12H15NO4S/c1-17-9-4-5-18-10(9)11(14)13-8-3-2-7(6-8)12(15)16/h4-5,7-8H,2-3,6H2,1H3,(H,13,14)(H,15,16)/t7-,8+/m0/s1. The van der Waals surface area contributed by atoms with Gasteiger partial charge in [0.15, 0.2) is 0 Å². The molecule has 0 aromatic carbocycles. The number of hydrogen-bond donors (Lipinski definition) is 2. The Bertz CT molecular complexity index is 457. The second-order valence-electron chi connectivity index (χ2n) is 4.34. The Morgan fingerprint density at radius 3 is 2.89 bits per heavy atom. The van der Waals surface area contributed by atoms with Crippen molar-refractivity contribution in [2.24, 2.45) is 5.92 Å². The molecule has 98 valence electrons. The fourth-order valence-electron chi connectivity index (χ4n) is 2.21. The van der Waals surface area contributed by atoms with Crippen LogP contribution < -0.4 is 10.1 Å². The van der Waals surface area contributed by atoms with Crippen LogP contribution in [0.25, 0.3) is 0 Å². The van der Waals surface area contributed by atoms with Crippen LogP contribution in [-0.4, -0.2) is 30.1 Å². The zero-order valence-electron chi connectivity index (χ0n) is 10.0. The maximum Gasteiger partial charge on any atom is 0.306 e. The summed E-state index contributed by atoms with van der Waals surface area (Å²) in [6.45, 7) is 0. The molecule has 18 heavy (non-hydrogen) atoms. The van der Waals surface area contributed by atoms with Gasteiger partial charge >= 0.3 is 5.97 Å². The van der Waals surface area contributed by atoms with Gasteiger partial charge in [0.2, 0.25) is 0 Å². The molecule has 0 aliphatic heterocycles. The van der Waals surface area contributed by atoms with Gasteiger partial charge in [-0.2, -0.15) is 0 Å². The quantitative estimate of drug-likeness (QED) is 0.873. The van der Waals surface area contributed by atoms with Gasteiger partial charge in [-0.05, 0) is 30.7 Å². The Kier molecular flexibility index (Phi) is 3.86. The van der Waals surface area contributed by atoms with E-state index in [4.69, 9.17) is 9.84 Å². The Morgan fingerprint density at radius 1 is 1.50 bits per heavy atom. The summed E-state index contributed by atoms with van der Waals surface area (Å²) in [5.41, 5.74) is 0. The second-order valence-corrected chi connectivity index (χ2v) is 5.25. The Hall–Kier alpha value is -1.56. The summed E-state index contributed by atoms with van der Waals surface area (Å²) < 4.78 is 5.09. The molecule has 1 saturated carbocycles. The molecule has 2 rings (SSSR count). The lowest BCUT2D eigenvalue weighted by molar-refractivity contribution is -0.141. The molecule has 1 fully saturated rings. The Morgan fingerprint density at radius 2 is 2.28 bits per heavy atom. The summed E-state index contributed by atoms with van der Waals surface area (Å²) >= 11 is 1.32. The van der Waals surface area contributed by atoms with Gasteiger partial charge in [-0.1, -0.05) is 0 Å². The fourth-order valence-corrected chi connectivity index (χ4v) is 2.97. The summed E-state index contributed by atoms with van der Waals surface area (Å²) in [7, 11) is 1.52. The number of carbonyl (C=O) groups is 2. The molecule has 1 aromatic heterocycles. The number of ether oxygens (including phenoxy) is 1. The minimum atomic E-state index is -0.777. The lowest BCUT2D eigenvalue weighted by Crippen LogP contribution is -2.33. The maximum atomic E-state index is 12.0. The van der Waals surface area contributed by atoms with Crippen LogP contribution in [0, 0.1) is 5.92 Å². The third-order valence-electron chi connectivity index (χ3n) is 3.17. The monoisotopic (exact) mass is 269 g/mol. The van der Waals surface area contributed by atoms with E-state index in [-0.39, 0.29) is 17.9 Å². The smallest absolute Gasteiger partial charge is 0.306 e. The number of carboxylic acids is 1. The van der Waals surface area contributed by atoms with Crippen LogP contribution in [0.1, 0.15) is 28.9 Å². The number of rotatable bonds is 4. The van der Waals surface area contributed by atoms with Gasteiger partial charge < -0.3 is 15.2 Å². The lowest BCUT2D eigenvalue weighted by Gasteiger charge is -2.12. The molecule has 1 amide bonds. The van der Waals surface area contributed by atoms with Gasteiger partial charge in [0, 0.05) is 6.04 Å². The first kappa shape index (κ1) is 12.9. The van der Waals surface area contributed by atoms with Crippen LogP contribution in [0.15, 0.2) is 11.4 Å². The van der Waals surface area contributed by atoms with Crippen LogP contribution in [0.4, 0.5) is 0 Å². The highest BCUT2D eigenvalue weighted by Crippen LogP contribution is 2.28. The molecule has 0 spiro atoms. The number of thiophene rings is 1. The number of carbonyl (C=O) groups excluding carboxylic acids is 1. The van der Waals surface area contributed by atoms with Crippen molar-refractivity contribution in [1.82, 2.24) is 5.32 Å². The Labute approximate surface area is 109 Å². The number of aliphatic carboxylic acids is 1. The van der Waals surface area contributed by atoms with Gasteiger partial charge in [0.05, 0.1) is 13.0 Å². The molecule has 0 unspecified atom stereocenters. The van der Waals surface area contributed by atoms with E-state index in [2.05, 4.69) is 5.32 Å². The Balaban J connectivity index is 1.95. The predicted molar refractivity (Wildman–Crippen MR) is 67.1 cm³/mol. The van der Waals surface area contributed by atoms with Crippen molar-refractivity contribution >= 4 is 23.2 Å². The first-order valence-corrected chi connectivity index (χ1v) is 6.65. The van der Waals surface area contributed by atoms with E-state index in [9.17, 15) is 9.59 Å². The zero-order valence-corrected chi connectivity index (χ0v) is 10.8. The fraction of sp³-hybridized carbons (Fsp3) is 0.500. The normalized spacial score (nSPS) is 22.7. The van der Waals surface area contributed by atoms with Crippen molar-refractivity contribution in [2.45, 2.75) is 25.3 Å². The summed E-state index contributed by atoms with van der Waals surface area (Å²) in [6.07, 6.45) is 1.85. The highest BCUT2D eigenvalue weighted by atomic mass is 32.1. The van der Waals surface area contributed by atoms with E-state index in [1.165, 1.54) is 18.4 Å². The second kappa shape index (κ2) is 5.39. The maximum absolute atomic E-state index is 12.0. The third-order valence-corrected chi connectivity index (χ3v) is 4.07. The zero-order chi connectivity index (χ0) is 13.1. The molecule has 0 bridgehead atoms. The first-order chi connectivity index (χ1) is 8.61. The van der Waals surface area contributed by atoms with E-state index in [0.29, 0.717) is 23.5 Å².